The van der Waals surface area contributed by atoms with Gasteiger partial charge >= 0.3 is 5.97 Å². The number of anilines is 2. The third-order valence-electron chi connectivity index (χ3n) is 4.82. The van der Waals surface area contributed by atoms with E-state index in [9.17, 15) is 14.4 Å². The van der Waals surface area contributed by atoms with Gasteiger partial charge in [-0.15, -0.1) is 0 Å². The molecule has 25 heavy (non-hydrogen) atoms. The molecule has 0 bridgehead atoms. The molecule has 1 aromatic carbocycles. The molecule has 1 saturated carbocycles. The summed E-state index contributed by atoms with van der Waals surface area (Å²) in [5.74, 6) is -0.544. The number of nitrogens with one attached hydrogen (secondary N) is 1. The van der Waals surface area contributed by atoms with Crippen molar-refractivity contribution in [2.45, 2.75) is 44.9 Å². The molecule has 134 valence electrons. The van der Waals surface area contributed by atoms with E-state index >= 15 is 0 Å². The first kappa shape index (κ1) is 17.5. The maximum absolute atomic E-state index is 11.9. The number of esters is 1. The van der Waals surface area contributed by atoms with Crippen molar-refractivity contribution in [3.05, 3.63) is 24.3 Å². The Morgan fingerprint density at radius 2 is 1.80 bits per heavy atom. The molecule has 6 nitrogen and oxygen atoms in total. The number of benzene rings is 1. The van der Waals surface area contributed by atoms with Crippen LogP contribution in [0.3, 0.4) is 0 Å². The van der Waals surface area contributed by atoms with E-state index in [4.69, 9.17) is 4.74 Å². The van der Waals surface area contributed by atoms with Crippen molar-refractivity contribution in [2.24, 2.45) is 5.92 Å². The van der Waals surface area contributed by atoms with E-state index in [-0.39, 0.29) is 30.3 Å². The normalized spacial score (nSPS) is 18.2. The van der Waals surface area contributed by atoms with Crippen molar-refractivity contribution in [2.75, 3.05) is 23.4 Å². The Kier molecular flexibility index (Phi) is 5.68. The van der Waals surface area contributed by atoms with Gasteiger partial charge in [-0.25, -0.2) is 0 Å². The van der Waals surface area contributed by atoms with Crippen LogP contribution in [0.5, 0.6) is 0 Å². The fourth-order valence-electron chi connectivity index (χ4n) is 3.44. The van der Waals surface area contributed by atoms with Crippen LogP contribution >= 0.6 is 0 Å². The van der Waals surface area contributed by atoms with E-state index in [0.717, 1.165) is 44.3 Å². The minimum absolute atomic E-state index is 0.0566. The number of carbonyl (C=O) groups excluding carboxylic acids is 3. The summed E-state index contributed by atoms with van der Waals surface area (Å²) in [6.07, 6.45) is 6.46. The lowest BCUT2D eigenvalue weighted by Gasteiger charge is -2.19. The Morgan fingerprint density at radius 1 is 1.08 bits per heavy atom. The van der Waals surface area contributed by atoms with E-state index in [2.05, 4.69) is 5.32 Å². The zero-order valence-electron chi connectivity index (χ0n) is 14.3. The van der Waals surface area contributed by atoms with Gasteiger partial charge in [0.1, 0.15) is 0 Å². The predicted molar refractivity (Wildman–Crippen MR) is 94.2 cm³/mol. The second kappa shape index (κ2) is 8.14. The molecule has 1 saturated heterocycles. The first-order valence-electron chi connectivity index (χ1n) is 9.00. The molecular formula is C19H24N2O4. The second-order valence-electron chi connectivity index (χ2n) is 6.69. The number of nitrogens with zero attached hydrogens (tertiary/aromatic N) is 1. The Bertz CT molecular complexity index is 635. The van der Waals surface area contributed by atoms with Gasteiger partial charge < -0.3 is 15.0 Å². The van der Waals surface area contributed by atoms with E-state index in [1.165, 1.54) is 6.42 Å². The van der Waals surface area contributed by atoms with Crippen LogP contribution in [0.25, 0.3) is 0 Å². The van der Waals surface area contributed by atoms with Gasteiger partial charge in [0.25, 0.3) is 5.91 Å². The highest BCUT2D eigenvalue weighted by Crippen LogP contribution is 2.25. The zero-order chi connectivity index (χ0) is 17.6. The van der Waals surface area contributed by atoms with Crippen LogP contribution in [0.1, 0.15) is 44.9 Å². The molecule has 0 spiro atoms. The molecule has 0 radical (unpaired) electrons. The standard InChI is InChI=1S/C19H24N2O4/c22-17(13-25-19(24)14-5-2-1-3-6-14)20-15-8-10-16(11-9-15)21-12-4-7-18(21)23/h8-11,14H,1-7,12-13H2,(H,20,22). The van der Waals surface area contributed by atoms with Gasteiger partial charge in [-0.2, -0.15) is 0 Å². The van der Waals surface area contributed by atoms with Crippen molar-refractivity contribution in [3.63, 3.8) is 0 Å². The van der Waals surface area contributed by atoms with Gasteiger partial charge in [-0.1, -0.05) is 19.3 Å². The van der Waals surface area contributed by atoms with E-state index in [1.807, 2.05) is 12.1 Å². The predicted octanol–water partition coefficient (Wildman–Crippen LogP) is 2.88. The second-order valence-corrected chi connectivity index (χ2v) is 6.69. The first-order chi connectivity index (χ1) is 12.1. The molecule has 0 unspecified atom stereocenters. The summed E-state index contributed by atoms with van der Waals surface area (Å²) in [4.78, 5) is 37.3. The molecule has 2 fully saturated rings. The zero-order valence-corrected chi connectivity index (χ0v) is 14.3. The third kappa shape index (κ3) is 4.59. The quantitative estimate of drug-likeness (QED) is 0.834. The van der Waals surface area contributed by atoms with Gasteiger partial charge in [0, 0.05) is 24.3 Å². The number of hydrogen-bond donors (Lipinski definition) is 1. The number of rotatable bonds is 5. The molecule has 2 aliphatic rings. The van der Waals surface area contributed by atoms with Gasteiger partial charge in [0.2, 0.25) is 5.91 Å². The lowest BCUT2D eigenvalue weighted by atomic mass is 9.89. The smallest absolute Gasteiger partial charge is 0.309 e. The lowest BCUT2D eigenvalue weighted by Crippen LogP contribution is -2.26. The average Bonchev–Trinajstić information content (AvgIpc) is 3.07. The summed E-state index contributed by atoms with van der Waals surface area (Å²) >= 11 is 0. The van der Waals surface area contributed by atoms with E-state index in [0.29, 0.717) is 12.1 Å². The van der Waals surface area contributed by atoms with Crippen LogP contribution in [-0.4, -0.2) is 30.9 Å². The van der Waals surface area contributed by atoms with Gasteiger partial charge in [-0.05, 0) is 43.5 Å². The van der Waals surface area contributed by atoms with Gasteiger partial charge in [0.15, 0.2) is 6.61 Å². The average molecular weight is 344 g/mol. The molecular weight excluding hydrogens is 320 g/mol. The molecule has 1 heterocycles. The number of amides is 2. The maximum atomic E-state index is 11.9. The van der Waals surface area contributed by atoms with Crippen LogP contribution in [0.15, 0.2) is 24.3 Å². The molecule has 1 N–H and O–H groups in total. The number of hydrogen-bond acceptors (Lipinski definition) is 4. The monoisotopic (exact) mass is 344 g/mol. The topological polar surface area (TPSA) is 75.7 Å². The minimum atomic E-state index is -0.353. The summed E-state index contributed by atoms with van der Waals surface area (Å²) < 4.78 is 5.13. The molecule has 1 aliphatic carbocycles. The Labute approximate surface area is 147 Å². The van der Waals surface area contributed by atoms with Crippen molar-refractivity contribution >= 4 is 29.2 Å². The summed E-state index contributed by atoms with van der Waals surface area (Å²) in [6.45, 7) is 0.476. The van der Waals surface area contributed by atoms with Gasteiger partial charge in [-0.3, -0.25) is 14.4 Å². The SMILES string of the molecule is O=C(COC(=O)C1CCCCC1)Nc1ccc(N2CCCC2=O)cc1. The Hall–Kier alpha value is -2.37. The fraction of sp³-hybridized carbons (Fsp3) is 0.526. The van der Waals surface area contributed by atoms with Crippen molar-refractivity contribution < 1.29 is 19.1 Å². The van der Waals surface area contributed by atoms with Crippen LogP contribution in [0.2, 0.25) is 0 Å². The molecule has 1 aromatic rings. The van der Waals surface area contributed by atoms with Gasteiger partial charge in [0.05, 0.1) is 5.92 Å². The van der Waals surface area contributed by atoms with E-state index in [1.54, 1.807) is 17.0 Å². The van der Waals surface area contributed by atoms with Crippen LogP contribution < -0.4 is 10.2 Å². The molecule has 1 aliphatic heterocycles. The Balaban J connectivity index is 1.46. The summed E-state index contributed by atoms with van der Waals surface area (Å²) in [5, 5.41) is 2.71. The van der Waals surface area contributed by atoms with Crippen LogP contribution in [0.4, 0.5) is 11.4 Å². The van der Waals surface area contributed by atoms with Crippen LogP contribution in [-0.2, 0) is 19.1 Å². The molecule has 0 aromatic heterocycles. The number of carbonyl (C=O) groups is 3. The highest BCUT2D eigenvalue weighted by atomic mass is 16.5. The molecule has 2 amide bonds. The highest BCUT2D eigenvalue weighted by Gasteiger charge is 2.23. The highest BCUT2D eigenvalue weighted by molar-refractivity contribution is 5.96. The molecule has 6 heteroatoms. The summed E-state index contributed by atoms with van der Waals surface area (Å²) in [6, 6.07) is 7.13. The van der Waals surface area contributed by atoms with Crippen molar-refractivity contribution in [1.29, 1.82) is 0 Å². The van der Waals surface area contributed by atoms with Crippen LogP contribution in [0, 0.1) is 5.92 Å². The minimum Gasteiger partial charge on any atom is -0.455 e. The van der Waals surface area contributed by atoms with E-state index < -0.39 is 0 Å². The number of ether oxygens (including phenoxy) is 1. The lowest BCUT2D eigenvalue weighted by molar-refractivity contribution is -0.152. The fourth-order valence-corrected chi connectivity index (χ4v) is 3.44. The molecule has 0 atom stereocenters. The third-order valence-corrected chi connectivity index (χ3v) is 4.82. The maximum Gasteiger partial charge on any atom is 0.309 e. The summed E-state index contributed by atoms with van der Waals surface area (Å²) in [5.41, 5.74) is 1.46. The molecule has 3 rings (SSSR count). The van der Waals surface area contributed by atoms with Crippen molar-refractivity contribution in [1.82, 2.24) is 0 Å². The first-order valence-corrected chi connectivity index (χ1v) is 9.00. The summed E-state index contributed by atoms with van der Waals surface area (Å²) in [7, 11) is 0. The Morgan fingerprint density at radius 3 is 2.44 bits per heavy atom. The van der Waals surface area contributed by atoms with Crippen molar-refractivity contribution in [3.8, 4) is 0 Å². The largest absolute Gasteiger partial charge is 0.455 e.